The first-order valence-corrected chi connectivity index (χ1v) is 10.7. The first-order valence-electron chi connectivity index (χ1n) is 10.3. The molecule has 162 valence electrons. The number of methoxy groups -OCH3 is 2. The Morgan fingerprint density at radius 3 is 2.71 bits per heavy atom. The number of hydrogen-bond acceptors (Lipinski definition) is 5. The summed E-state index contributed by atoms with van der Waals surface area (Å²) >= 11 is 6.48. The van der Waals surface area contributed by atoms with Crippen molar-refractivity contribution in [3.05, 3.63) is 52.8 Å². The molecular weight excluding hydrogens is 416 g/mol. The van der Waals surface area contributed by atoms with Crippen LogP contribution in [-0.4, -0.2) is 34.9 Å². The number of rotatable bonds is 6. The SMILES string of the molecule is COc1ccc(CC(=O)Nc2ccc(Cl)c(-c3nnc4n3CCCCC4)c2)cc1OC. The number of aromatic nitrogens is 3. The number of amides is 1. The molecule has 8 heteroatoms. The predicted octanol–water partition coefficient (Wildman–Crippen LogP) is 4.52. The second kappa shape index (κ2) is 9.39. The topological polar surface area (TPSA) is 78.3 Å². The van der Waals surface area contributed by atoms with Crippen molar-refractivity contribution >= 4 is 23.2 Å². The van der Waals surface area contributed by atoms with Gasteiger partial charge in [0.1, 0.15) is 5.82 Å². The summed E-state index contributed by atoms with van der Waals surface area (Å²) in [4.78, 5) is 12.6. The number of fused-ring (bicyclic) bond motifs is 1. The maximum absolute atomic E-state index is 12.6. The Morgan fingerprint density at radius 1 is 1.06 bits per heavy atom. The number of nitrogens with one attached hydrogen (secondary N) is 1. The molecule has 0 fully saturated rings. The number of anilines is 1. The highest BCUT2D eigenvalue weighted by Gasteiger charge is 2.19. The molecule has 1 aliphatic rings. The van der Waals surface area contributed by atoms with Gasteiger partial charge in [-0.2, -0.15) is 0 Å². The fourth-order valence-corrected chi connectivity index (χ4v) is 4.04. The molecule has 1 aliphatic heterocycles. The molecule has 1 aromatic heterocycles. The van der Waals surface area contributed by atoms with E-state index in [1.165, 1.54) is 6.42 Å². The van der Waals surface area contributed by atoms with Crippen LogP contribution in [0.4, 0.5) is 5.69 Å². The molecule has 0 unspecified atom stereocenters. The number of hydrogen-bond donors (Lipinski definition) is 1. The summed E-state index contributed by atoms with van der Waals surface area (Å²) in [5, 5.41) is 12.3. The Labute approximate surface area is 186 Å². The summed E-state index contributed by atoms with van der Waals surface area (Å²) in [5.74, 6) is 2.82. The minimum Gasteiger partial charge on any atom is -0.493 e. The smallest absolute Gasteiger partial charge is 0.228 e. The molecule has 0 radical (unpaired) electrons. The molecule has 1 N–H and O–H groups in total. The molecule has 0 atom stereocenters. The fourth-order valence-electron chi connectivity index (χ4n) is 3.84. The molecule has 0 bridgehead atoms. The van der Waals surface area contributed by atoms with Crippen molar-refractivity contribution in [2.45, 2.75) is 38.6 Å². The number of carbonyl (C=O) groups excluding carboxylic acids is 1. The number of ether oxygens (including phenoxy) is 2. The zero-order valence-electron chi connectivity index (χ0n) is 17.7. The molecule has 0 saturated carbocycles. The standard InChI is InChI=1S/C23H25ClN4O3/c1-30-19-10-7-15(12-20(19)31-2)13-22(29)25-16-8-9-18(24)17(14-16)23-27-26-21-6-4-3-5-11-28(21)23/h7-10,12,14H,3-6,11,13H2,1-2H3,(H,25,29). The lowest BCUT2D eigenvalue weighted by molar-refractivity contribution is -0.115. The summed E-state index contributed by atoms with van der Waals surface area (Å²) in [6.07, 6.45) is 4.53. The van der Waals surface area contributed by atoms with Crippen LogP contribution in [0.15, 0.2) is 36.4 Å². The third-order valence-corrected chi connectivity index (χ3v) is 5.74. The van der Waals surface area contributed by atoms with Crippen LogP contribution in [0, 0.1) is 0 Å². The summed E-state index contributed by atoms with van der Waals surface area (Å²) in [5.41, 5.74) is 2.26. The van der Waals surface area contributed by atoms with Gasteiger partial charge in [-0.05, 0) is 48.7 Å². The van der Waals surface area contributed by atoms with Gasteiger partial charge in [-0.3, -0.25) is 4.79 Å². The third kappa shape index (κ3) is 4.66. The van der Waals surface area contributed by atoms with Gasteiger partial charge in [-0.1, -0.05) is 24.1 Å². The third-order valence-electron chi connectivity index (χ3n) is 5.41. The number of nitrogens with zero attached hydrogens (tertiary/aromatic N) is 3. The van der Waals surface area contributed by atoms with Crippen LogP contribution < -0.4 is 14.8 Å². The average Bonchev–Trinajstić information content (AvgIpc) is 3.02. The van der Waals surface area contributed by atoms with Crippen molar-refractivity contribution in [3.63, 3.8) is 0 Å². The number of benzene rings is 2. The monoisotopic (exact) mass is 440 g/mol. The van der Waals surface area contributed by atoms with Crippen LogP contribution in [0.3, 0.4) is 0 Å². The van der Waals surface area contributed by atoms with Gasteiger partial charge in [-0.15, -0.1) is 10.2 Å². The van der Waals surface area contributed by atoms with Crippen LogP contribution >= 0.6 is 11.6 Å². The van der Waals surface area contributed by atoms with Gasteiger partial charge >= 0.3 is 0 Å². The van der Waals surface area contributed by atoms with Gasteiger partial charge in [-0.25, -0.2) is 0 Å². The van der Waals surface area contributed by atoms with Crippen molar-refractivity contribution in [1.29, 1.82) is 0 Å². The second-order valence-electron chi connectivity index (χ2n) is 7.51. The van der Waals surface area contributed by atoms with E-state index in [2.05, 4.69) is 20.1 Å². The summed E-state index contributed by atoms with van der Waals surface area (Å²) in [7, 11) is 3.15. The van der Waals surface area contributed by atoms with Gasteiger partial charge in [0.25, 0.3) is 0 Å². The van der Waals surface area contributed by atoms with Crippen LogP contribution in [-0.2, 0) is 24.2 Å². The van der Waals surface area contributed by atoms with Crippen LogP contribution in [0.1, 0.15) is 30.7 Å². The normalized spacial score (nSPS) is 13.3. The van der Waals surface area contributed by atoms with Crippen molar-refractivity contribution < 1.29 is 14.3 Å². The number of carbonyl (C=O) groups is 1. The zero-order chi connectivity index (χ0) is 21.8. The summed E-state index contributed by atoms with van der Waals surface area (Å²) in [6.45, 7) is 0.879. The maximum Gasteiger partial charge on any atom is 0.228 e. The van der Waals surface area contributed by atoms with E-state index >= 15 is 0 Å². The molecular formula is C23H25ClN4O3. The molecule has 31 heavy (non-hydrogen) atoms. The molecule has 3 aromatic rings. The number of halogens is 1. The molecule has 2 aromatic carbocycles. The first kappa shape index (κ1) is 21.2. The number of aryl methyl sites for hydroxylation is 1. The van der Waals surface area contributed by atoms with Crippen LogP contribution in [0.25, 0.3) is 11.4 Å². The van der Waals surface area contributed by atoms with Crippen LogP contribution in [0.2, 0.25) is 5.02 Å². The van der Waals surface area contributed by atoms with E-state index in [1.54, 1.807) is 38.5 Å². The Bertz CT molecular complexity index is 1100. The molecule has 4 rings (SSSR count). The van der Waals surface area contributed by atoms with E-state index in [-0.39, 0.29) is 12.3 Å². The molecule has 0 spiro atoms. The lowest BCUT2D eigenvalue weighted by Gasteiger charge is -2.12. The predicted molar refractivity (Wildman–Crippen MR) is 120 cm³/mol. The van der Waals surface area contributed by atoms with Crippen molar-refractivity contribution in [1.82, 2.24) is 14.8 Å². The van der Waals surface area contributed by atoms with Crippen molar-refractivity contribution in [2.24, 2.45) is 0 Å². The van der Waals surface area contributed by atoms with Crippen molar-refractivity contribution in [2.75, 3.05) is 19.5 Å². The minimum atomic E-state index is -0.138. The van der Waals surface area contributed by atoms with Crippen LogP contribution in [0.5, 0.6) is 11.5 Å². The Kier molecular flexibility index (Phi) is 6.42. The second-order valence-corrected chi connectivity index (χ2v) is 7.92. The zero-order valence-corrected chi connectivity index (χ0v) is 18.4. The summed E-state index contributed by atoms with van der Waals surface area (Å²) < 4.78 is 12.7. The first-order chi connectivity index (χ1) is 15.1. The Balaban J connectivity index is 1.53. The van der Waals surface area contributed by atoms with Gasteiger partial charge < -0.3 is 19.4 Å². The quantitative estimate of drug-likeness (QED) is 0.609. The highest BCUT2D eigenvalue weighted by molar-refractivity contribution is 6.33. The maximum atomic E-state index is 12.6. The minimum absolute atomic E-state index is 0.138. The van der Waals surface area contributed by atoms with Crippen molar-refractivity contribution in [3.8, 4) is 22.9 Å². The van der Waals surface area contributed by atoms with E-state index in [9.17, 15) is 4.79 Å². The highest BCUT2D eigenvalue weighted by Crippen LogP contribution is 2.32. The Morgan fingerprint density at radius 2 is 1.90 bits per heavy atom. The molecule has 7 nitrogen and oxygen atoms in total. The Hall–Kier alpha value is -3.06. The fraction of sp³-hybridized carbons (Fsp3) is 0.348. The lowest BCUT2D eigenvalue weighted by atomic mass is 10.1. The van der Waals surface area contributed by atoms with Gasteiger partial charge in [0.05, 0.1) is 25.7 Å². The van der Waals surface area contributed by atoms with Gasteiger partial charge in [0.2, 0.25) is 5.91 Å². The van der Waals surface area contributed by atoms with E-state index in [0.29, 0.717) is 22.2 Å². The molecule has 0 aliphatic carbocycles. The highest BCUT2D eigenvalue weighted by atomic mass is 35.5. The molecule has 2 heterocycles. The van der Waals surface area contributed by atoms with E-state index < -0.39 is 0 Å². The van der Waals surface area contributed by atoms with E-state index in [0.717, 1.165) is 48.6 Å². The molecule has 0 saturated heterocycles. The van der Waals surface area contributed by atoms with E-state index in [1.807, 2.05) is 12.1 Å². The average molecular weight is 441 g/mol. The molecule has 1 amide bonds. The van der Waals surface area contributed by atoms with E-state index in [4.69, 9.17) is 21.1 Å². The lowest BCUT2D eigenvalue weighted by Crippen LogP contribution is -2.14. The summed E-state index contributed by atoms with van der Waals surface area (Å²) in [6, 6.07) is 10.9. The largest absolute Gasteiger partial charge is 0.493 e. The van der Waals surface area contributed by atoms with Gasteiger partial charge in [0, 0.05) is 24.2 Å². The van der Waals surface area contributed by atoms with Gasteiger partial charge in [0.15, 0.2) is 17.3 Å².